The average Bonchev–Trinajstić information content (AvgIpc) is 2.77. The lowest BCUT2D eigenvalue weighted by Gasteiger charge is -2.25. The van der Waals surface area contributed by atoms with Crippen molar-refractivity contribution in [2.75, 3.05) is 25.6 Å². The minimum Gasteiger partial charge on any atom is -0.465 e. The van der Waals surface area contributed by atoms with Crippen LogP contribution in [-0.2, 0) is 19.7 Å². The van der Waals surface area contributed by atoms with Gasteiger partial charge >= 0.3 is 5.97 Å². The van der Waals surface area contributed by atoms with Crippen molar-refractivity contribution in [3.05, 3.63) is 11.1 Å². The molecule has 1 heterocycles. The van der Waals surface area contributed by atoms with Crippen molar-refractivity contribution >= 4 is 22.4 Å². The Morgan fingerprint density at radius 3 is 2.60 bits per heavy atom. The van der Waals surface area contributed by atoms with E-state index in [1.807, 2.05) is 33.1 Å². The third kappa shape index (κ3) is 4.18. The first-order valence-electron chi connectivity index (χ1n) is 6.63. The van der Waals surface area contributed by atoms with Crippen LogP contribution in [0.2, 0.25) is 0 Å². The summed E-state index contributed by atoms with van der Waals surface area (Å²) in [4.78, 5) is 16.5. The second-order valence-corrected chi connectivity index (χ2v) is 6.68. The number of carbonyl (C=O) groups excluding carboxylic acids is 1. The summed E-state index contributed by atoms with van der Waals surface area (Å²) >= 11 is 1.48. The highest BCUT2D eigenvalue weighted by molar-refractivity contribution is 7.13. The van der Waals surface area contributed by atoms with Gasteiger partial charge in [-0.05, 0) is 34.6 Å². The van der Waals surface area contributed by atoms with Crippen LogP contribution in [0.5, 0.6) is 0 Å². The van der Waals surface area contributed by atoms with Crippen molar-refractivity contribution in [3.63, 3.8) is 0 Å². The van der Waals surface area contributed by atoms with Crippen molar-refractivity contribution in [2.45, 2.75) is 45.6 Å². The number of rotatable bonds is 7. The van der Waals surface area contributed by atoms with E-state index in [4.69, 9.17) is 9.47 Å². The number of hydrogen-bond acceptors (Lipinski definition) is 6. The zero-order valence-electron chi connectivity index (χ0n) is 13.1. The van der Waals surface area contributed by atoms with E-state index in [1.165, 1.54) is 11.3 Å². The number of anilines is 1. The second kappa shape index (κ2) is 6.54. The molecule has 0 aliphatic carbocycles. The van der Waals surface area contributed by atoms with Crippen LogP contribution in [0.3, 0.4) is 0 Å². The van der Waals surface area contributed by atoms with E-state index in [1.54, 1.807) is 14.0 Å². The summed E-state index contributed by atoms with van der Waals surface area (Å²) in [7, 11) is 1.67. The van der Waals surface area contributed by atoms with E-state index in [9.17, 15) is 4.79 Å². The number of nitrogens with zero attached hydrogens (tertiary/aromatic N) is 1. The summed E-state index contributed by atoms with van der Waals surface area (Å²) in [5.74, 6) is -0.256. The van der Waals surface area contributed by atoms with Crippen LogP contribution >= 0.6 is 11.3 Å². The number of hydrogen-bond donors (Lipinski definition) is 1. The van der Waals surface area contributed by atoms with Gasteiger partial charge in [-0.25, -0.2) is 4.98 Å². The first-order chi connectivity index (χ1) is 9.23. The van der Waals surface area contributed by atoms with Gasteiger partial charge in [0.1, 0.15) is 5.41 Å². The van der Waals surface area contributed by atoms with Crippen LogP contribution in [0.15, 0.2) is 5.38 Å². The Bertz CT molecular complexity index is 455. The predicted molar refractivity (Wildman–Crippen MR) is 81.4 cm³/mol. The molecule has 0 unspecified atom stereocenters. The fourth-order valence-electron chi connectivity index (χ4n) is 1.72. The number of carbonyl (C=O) groups is 1. The van der Waals surface area contributed by atoms with Gasteiger partial charge in [0.2, 0.25) is 0 Å². The van der Waals surface area contributed by atoms with Crippen LogP contribution in [0.1, 0.15) is 40.3 Å². The minimum atomic E-state index is -0.738. The zero-order chi connectivity index (χ0) is 15.4. The van der Waals surface area contributed by atoms with Crippen molar-refractivity contribution in [1.82, 2.24) is 4.98 Å². The molecule has 1 rings (SSSR count). The number of thiazole rings is 1. The summed E-state index contributed by atoms with van der Waals surface area (Å²) in [5, 5.41) is 5.98. The van der Waals surface area contributed by atoms with Crippen LogP contribution in [0.25, 0.3) is 0 Å². The van der Waals surface area contributed by atoms with Crippen LogP contribution in [0, 0.1) is 0 Å². The third-order valence-electron chi connectivity index (χ3n) is 2.88. The van der Waals surface area contributed by atoms with Gasteiger partial charge in [0, 0.05) is 12.5 Å². The first-order valence-corrected chi connectivity index (χ1v) is 7.51. The van der Waals surface area contributed by atoms with E-state index < -0.39 is 5.41 Å². The van der Waals surface area contributed by atoms with E-state index in [0.29, 0.717) is 13.2 Å². The number of methoxy groups -OCH3 is 1. The molecule has 0 radical (unpaired) electrons. The lowest BCUT2D eigenvalue weighted by atomic mass is 9.90. The molecule has 0 atom stereocenters. The van der Waals surface area contributed by atoms with E-state index in [2.05, 4.69) is 10.3 Å². The van der Waals surface area contributed by atoms with Gasteiger partial charge in [0.05, 0.1) is 24.4 Å². The number of aromatic nitrogens is 1. The molecule has 0 aromatic carbocycles. The molecular weight excluding hydrogens is 276 g/mol. The smallest absolute Gasteiger partial charge is 0.317 e. The van der Waals surface area contributed by atoms with Crippen molar-refractivity contribution in [2.24, 2.45) is 0 Å². The lowest BCUT2D eigenvalue weighted by molar-refractivity contribution is -0.148. The molecule has 0 amide bonds. The maximum Gasteiger partial charge on any atom is 0.317 e. The van der Waals surface area contributed by atoms with Gasteiger partial charge in [-0.2, -0.15) is 0 Å². The highest BCUT2D eigenvalue weighted by Gasteiger charge is 2.34. The molecule has 5 nitrogen and oxygen atoms in total. The molecule has 0 aliphatic heterocycles. The number of nitrogens with one attached hydrogen (secondary N) is 1. The van der Waals surface area contributed by atoms with Gasteiger partial charge in [-0.3, -0.25) is 4.79 Å². The minimum absolute atomic E-state index is 0.210. The van der Waals surface area contributed by atoms with E-state index in [0.717, 1.165) is 10.8 Å². The van der Waals surface area contributed by atoms with Crippen LogP contribution in [0.4, 0.5) is 5.13 Å². The Labute approximate surface area is 124 Å². The lowest BCUT2D eigenvalue weighted by Crippen LogP contribution is -2.36. The summed E-state index contributed by atoms with van der Waals surface area (Å²) in [6, 6.07) is 0. The molecule has 1 aromatic rings. The molecule has 0 bridgehead atoms. The van der Waals surface area contributed by atoms with Gasteiger partial charge < -0.3 is 14.8 Å². The van der Waals surface area contributed by atoms with Crippen LogP contribution < -0.4 is 5.32 Å². The highest BCUT2D eigenvalue weighted by atomic mass is 32.1. The van der Waals surface area contributed by atoms with Crippen LogP contribution in [-0.4, -0.2) is 36.8 Å². The molecule has 0 aliphatic rings. The van der Waals surface area contributed by atoms with Gasteiger partial charge in [-0.1, -0.05) is 0 Å². The quantitative estimate of drug-likeness (QED) is 0.785. The van der Waals surface area contributed by atoms with Crippen molar-refractivity contribution < 1.29 is 14.3 Å². The molecule has 1 N–H and O–H groups in total. The van der Waals surface area contributed by atoms with Crippen molar-refractivity contribution in [1.29, 1.82) is 0 Å². The maximum absolute atomic E-state index is 12.0. The molecule has 0 spiro atoms. The summed E-state index contributed by atoms with van der Waals surface area (Å²) in [6.07, 6.45) is 0. The third-order valence-corrected chi connectivity index (χ3v) is 3.64. The Balaban J connectivity index is 2.84. The fraction of sp³-hybridized carbons (Fsp3) is 0.714. The Morgan fingerprint density at radius 2 is 2.05 bits per heavy atom. The van der Waals surface area contributed by atoms with E-state index in [-0.39, 0.29) is 11.5 Å². The Kier molecular flexibility index (Phi) is 5.53. The highest BCUT2D eigenvalue weighted by Crippen LogP contribution is 2.29. The summed E-state index contributed by atoms with van der Waals surface area (Å²) < 4.78 is 10.3. The normalized spacial score (nSPS) is 12.3. The summed E-state index contributed by atoms with van der Waals surface area (Å²) in [6.45, 7) is 10.5. The standard InChI is InChI=1S/C14H24N2O3S/c1-7-19-11(17)14(4,5)10-8-20-12(15-10)16-13(2,3)9-18-6/h8H,7,9H2,1-6H3,(H,15,16). The zero-order valence-corrected chi connectivity index (χ0v) is 13.9. The molecular formula is C14H24N2O3S. The van der Waals surface area contributed by atoms with Gasteiger partial charge in [0.25, 0.3) is 0 Å². The van der Waals surface area contributed by atoms with Gasteiger partial charge in [0.15, 0.2) is 5.13 Å². The Hall–Kier alpha value is -1.14. The molecule has 20 heavy (non-hydrogen) atoms. The number of ether oxygens (including phenoxy) is 2. The molecule has 114 valence electrons. The number of esters is 1. The second-order valence-electron chi connectivity index (χ2n) is 5.83. The predicted octanol–water partition coefficient (Wildman–Crippen LogP) is 2.82. The molecule has 6 heteroatoms. The molecule has 0 saturated carbocycles. The molecule has 0 saturated heterocycles. The largest absolute Gasteiger partial charge is 0.465 e. The van der Waals surface area contributed by atoms with E-state index >= 15 is 0 Å². The fourth-order valence-corrected chi connectivity index (χ4v) is 2.78. The maximum atomic E-state index is 12.0. The molecule has 0 fully saturated rings. The molecule has 1 aromatic heterocycles. The average molecular weight is 300 g/mol. The Morgan fingerprint density at radius 1 is 1.40 bits per heavy atom. The SMILES string of the molecule is CCOC(=O)C(C)(C)c1csc(NC(C)(C)COC)n1. The monoisotopic (exact) mass is 300 g/mol. The van der Waals surface area contributed by atoms with Crippen molar-refractivity contribution in [3.8, 4) is 0 Å². The van der Waals surface area contributed by atoms with Gasteiger partial charge in [-0.15, -0.1) is 11.3 Å². The first kappa shape index (κ1) is 16.9. The topological polar surface area (TPSA) is 60.5 Å². The summed E-state index contributed by atoms with van der Waals surface area (Å²) in [5.41, 5.74) is -0.229.